The highest BCUT2D eigenvalue weighted by Gasteiger charge is 2.16. The van der Waals surface area contributed by atoms with Crippen LogP contribution >= 0.6 is 0 Å². The molecule has 0 atom stereocenters. The van der Waals surface area contributed by atoms with Crippen molar-refractivity contribution in [2.75, 3.05) is 5.32 Å². The number of imidazole rings is 1. The van der Waals surface area contributed by atoms with Crippen molar-refractivity contribution in [2.45, 2.75) is 32.7 Å². The molecule has 0 aliphatic carbocycles. The van der Waals surface area contributed by atoms with Gasteiger partial charge in [-0.1, -0.05) is 42.0 Å². The molecule has 0 radical (unpaired) electrons. The highest BCUT2D eigenvalue weighted by atomic mass is 16.1. The van der Waals surface area contributed by atoms with E-state index in [0.717, 1.165) is 47.7 Å². The standard InChI is InChI=1S/C21H21N3O/c1-15-5-2-6-16(11-15)12-21(25)23-18-8-3-7-17(13-18)19-14-22-20-9-4-10-24(19)20/h2-3,5-8,11,13-14H,4,9-10,12H2,1H3,(H,23,25). The van der Waals surface area contributed by atoms with Gasteiger partial charge in [0.1, 0.15) is 5.82 Å². The third-order valence-corrected chi connectivity index (χ3v) is 4.61. The maximum Gasteiger partial charge on any atom is 0.228 e. The Hall–Kier alpha value is -2.88. The molecule has 3 aromatic rings. The van der Waals surface area contributed by atoms with Gasteiger partial charge in [-0.2, -0.15) is 0 Å². The van der Waals surface area contributed by atoms with Crippen molar-refractivity contribution in [1.82, 2.24) is 9.55 Å². The molecule has 4 nitrogen and oxygen atoms in total. The first kappa shape index (κ1) is 15.6. The number of hydrogen-bond donors (Lipinski definition) is 1. The quantitative estimate of drug-likeness (QED) is 0.786. The van der Waals surface area contributed by atoms with Gasteiger partial charge in [0.15, 0.2) is 0 Å². The van der Waals surface area contributed by atoms with Crippen LogP contribution in [0.4, 0.5) is 5.69 Å². The number of rotatable bonds is 4. The molecular weight excluding hydrogens is 310 g/mol. The summed E-state index contributed by atoms with van der Waals surface area (Å²) >= 11 is 0. The lowest BCUT2D eigenvalue weighted by Crippen LogP contribution is -2.14. The molecule has 4 heteroatoms. The molecule has 0 saturated carbocycles. The van der Waals surface area contributed by atoms with Gasteiger partial charge >= 0.3 is 0 Å². The monoisotopic (exact) mass is 331 g/mol. The number of aryl methyl sites for hydroxylation is 2. The predicted molar refractivity (Wildman–Crippen MR) is 99.5 cm³/mol. The molecule has 25 heavy (non-hydrogen) atoms. The molecule has 1 aliphatic heterocycles. The molecule has 0 fully saturated rings. The van der Waals surface area contributed by atoms with Crippen LogP contribution < -0.4 is 5.32 Å². The van der Waals surface area contributed by atoms with Crippen LogP contribution in [0.3, 0.4) is 0 Å². The average Bonchev–Trinajstić information content (AvgIpc) is 3.18. The minimum Gasteiger partial charge on any atom is -0.328 e. The summed E-state index contributed by atoms with van der Waals surface area (Å²) in [5.74, 6) is 1.16. The Balaban J connectivity index is 1.50. The van der Waals surface area contributed by atoms with Crippen molar-refractivity contribution in [3.8, 4) is 11.3 Å². The van der Waals surface area contributed by atoms with Crippen LogP contribution in [0.2, 0.25) is 0 Å². The van der Waals surface area contributed by atoms with Gasteiger partial charge in [0.05, 0.1) is 18.3 Å². The normalized spacial score (nSPS) is 12.8. The topological polar surface area (TPSA) is 46.9 Å². The van der Waals surface area contributed by atoms with Gasteiger partial charge in [0, 0.05) is 24.2 Å². The second-order valence-electron chi connectivity index (χ2n) is 6.61. The lowest BCUT2D eigenvalue weighted by atomic mass is 10.1. The molecule has 0 saturated heterocycles. The van der Waals surface area contributed by atoms with Gasteiger partial charge in [-0.25, -0.2) is 4.98 Å². The van der Waals surface area contributed by atoms with Crippen molar-refractivity contribution in [2.24, 2.45) is 0 Å². The molecule has 126 valence electrons. The maximum atomic E-state index is 12.3. The van der Waals surface area contributed by atoms with E-state index in [0.29, 0.717) is 6.42 Å². The highest BCUT2D eigenvalue weighted by Crippen LogP contribution is 2.27. The smallest absolute Gasteiger partial charge is 0.228 e. The lowest BCUT2D eigenvalue weighted by molar-refractivity contribution is -0.115. The number of hydrogen-bond acceptors (Lipinski definition) is 2. The number of nitrogens with zero attached hydrogens (tertiary/aromatic N) is 2. The van der Waals surface area contributed by atoms with Crippen LogP contribution in [0, 0.1) is 6.92 Å². The van der Waals surface area contributed by atoms with Gasteiger partial charge in [-0.05, 0) is 31.0 Å². The average molecular weight is 331 g/mol. The van der Waals surface area contributed by atoms with E-state index in [1.165, 1.54) is 5.56 Å². The van der Waals surface area contributed by atoms with Crippen LogP contribution in [0.5, 0.6) is 0 Å². The van der Waals surface area contributed by atoms with Crippen LogP contribution in [-0.2, 0) is 24.2 Å². The number of carbonyl (C=O) groups excluding carboxylic acids is 1. The molecule has 2 heterocycles. The van der Waals surface area contributed by atoms with Crippen LogP contribution in [0.25, 0.3) is 11.3 Å². The van der Waals surface area contributed by atoms with Gasteiger partial charge in [-0.15, -0.1) is 0 Å². The Morgan fingerprint density at radius 2 is 2.08 bits per heavy atom. The van der Waals surface area contributed by atoms with Gasteiger partial charge in [0.2, 0.25) is 5.91 Å². The second-order valence-corrected chi connectivity index (χ2v) is 6.61. The summed E-state index contributed by atoms with van der Waals surface area (Å²) in [5.41, 5.74) is 5.24. The summed E-state index contributed by atoms with van der Waals surface area (Å²) < 4.78 is 2.27. The summed E-state index contributed by atoms with van der Waals surface area (Å²) in [6.45, 7) is 3.06. The Kier molecular flexibility index (Phi) is 4.10. The van der Waals surface area contributed by atoms with E-state index in [2.05, 4.69) is 20.9 Å². The molecule has 4 rings (SSSR count). The van der Waals surface area contributed by atoms with E-state index in [4.69, 9.17) is 0 Å². The number of aromatic nitrogens is 2. The van der Waals surface area contributed by atoms with E-state index < -0.39 is 0 Å². The third-order valence-electron chi connectivity index (χ3n) is 4.61. The first-order chi connectivity index (χ1) is 12.2. The SMILES string of the molecule is Cc1cccc(CC(=O)Nc2cccc(-c3cnc4n3CCC4)c2)c1. The Morgan fingerprint density at radius 1 is 1.20 bits per heavy atom. The highest BCUT2D eigenvalue weighted by molar-refractivity contribution is 5.92. The molecular formula is C21H21N3O. The summed E-state index contributed by atoms with van der Waals surface area (Å²) in [6.07, 6.45) is 4.52. The van der Waals surface area contributed by atoms with Crippen molar-refractivity contribution in [3.05, 3.63) is 71.7 Å². The Labute approximate surface area is 147 Å². The van der Waals surface area contributed by atoms with Crippen molar-refractivity contribution in [1.29, 1.82) is 0 Å². The number of anilines is 1. The number of carbonyl (C=O) groups is 1. The number of amides is 1. The Bertz CT molecular complexity index is 926. The summed E-state index contributed by atoms with van der Waals surface area (Å²) in [7, 11) is 0. The third kappa shape index (κ3) is 3.33. The van der Waals surface area contributed by atoms with E-state index >= 15 is 0 Å². The molecule has 1 N–H and O–H groups in total. The molecule has 0 spiro atoms. The van der Waals surface area contributed by atoms with E-state index in [1.807, 2.05) is 55.6 Å². The van der Waals surface area contributed by atoms with Gasteiger partial charge in [-0.3, -0.25) is 4.79 Å². The molecule has 1 aliphatic rings. The number of fused-ring (bicyclic) bond motifs is 1. The fourth-order valence-electron chi connectivity index (χ4n) is 3.46. The van der Waals surface area contributed by atoms with Gasteiger partial charge in [0.25, 0.3) is 0 Å². The molecule has 1 amide bonds. The van der Waals surface area contributed by atoms with Gasteiger partial charge < -0.3 is 9.88 Å². The zero-order valence-electron chi connectivity index (χ0n) is 14.3. The summed E-state index contributed by atoms with van der Waals surface area (Å²) in [4.78, 5) is 16.9. The van der Waals surface area contributed by atoms with Crippen molar-refractivity contribution >= 4 is 11.6 Å². The minimum atomic E-state index is 0.00117. The van der Waals surface area contributed by atoms with E-state index in [9.17, 15) is 4.79 Å². The summed E-state index contributed by atoms with van der Waals surface area (Å²) in [6, 6.07) is 16.1. The predicted octanol–water partition coefficient (Wildman–Crippen LogP) is 3.99. The van der Waals surface area contributed by atoms with Crippen LogP contribution in [0.15, 0.2) is 54.7 Å². The number of nitrogens with one attached hydrogen (secondary N) is 1. The summed E-state index contributed by atoms with van der Waals surface area (Å²) in [5, 5.41) is 3.01. The number of benzene rings is 2. The second kappa shape index (κ2) is 6.55. The Morgan fingerprint density at radius 3 is 2.96 bits per heavy atom. The first-order valence-corrected chi connectivity index (χ1v) is 8.69. The molecule has 2 aromatic carbocycles. The maximum absolute atomic E-state index is 12.3. The van der Waals surface area contributed by atoms with E-state index in [-0.39, 0.29) is 5.91 Å². The molecule has 0 unspecified atom stereocenters. The molecule has 1 aromatic heterocycles. The largest absolute Gasteiger partial charge is 0.328 e. The minimum absolute atomic E-state index is 0.00117. The fourth-order valence-corrected chi connectivity index (χ4v) is 3.46. The molecule has 0 bridgehead atoms. The lowest BCUT2D eigenvalue weighted by Gasteiger charge is -2.09. The first-order valence-electron chi connectivity index (χ1n) is 8.69. The van der Waals surface area contributed by atoms with Crippen LogP contribution in [-0.4, -0.2) is 15.5 Å². The zero-order chi connectivity index (χ0) is 17.2. The van der Waals surface area contributed by atoms with Crippen LogP contribution in [0.1, 0.15) is 23.4 Å². The van der Waals surface area contributed by atoms with Crippen molar-refractivity contribution in [3.63, 3.8) is 0 Å². The zero-order valence-corrected chi connectivity index (χ0v) is 14.3. The fraction of sp³-hybridized carbons (Fsp3) is 0.238. The van der Waals surface area contributed by atoms with Crippen molar-refractivity contribution < 1.29 is 4.79 Å². The van der Waals surface area contributed by atoms with E-state index in [1.54, 1.807) is 0 Å².